The summed E-state index contributed by atoms with van der Waals surface area (Å²) in [5.41, 5.74) is 1.02. The molecule has 0 radical (unpaired) electrons. The van der Waals surface area contributed by atoms with Crippen molar-refractivity contribution in [1.82, 2.24) is 15.6 Å². The zero-order chi connectivity index (χ0) is 17.7. The van der Waals surface area contributed by atoms with Crippen LogP contribution in [0.15, 0.2) is 24.3 Å². The molecule has 7 nitrogen and oxygen atoms in total. The number of rotatable bonds is 6. The molecular weight excluding hydrogens is 337 g/mol. The zero-order valence-corrected chi connectivity index (χ0v) is 13.4. The normalized spacial score (nSPS) is 10.2. The molecule has 3 N–H and O–H groups in total. The van der Waals surface area contributed by atoms with Crippen molar-refractivity contribution >= 4 is 29.1 Å². The lowest BCUT2D eigenvalue weighted by atomic mass is 10.2. The molecule has 1 aromatic carbocycles. The van der Waals surface area contributed by atoms with Crippen LogP contribution in [0.3, 0.4) is 0 Å². The number of hydrogen-bond acceptors (Lipinski definition) is 5. The van der Waals surface area contributed by atoms with Gasteiger partial charge in [0.1, 0.15) is 22.2 Å². The minimum absolute atomic E-state index is 0.306. The SMILES string of the molecule is Cc1nc(-c2cccc(F)c2)sc1C(=O)NCC(=O)NCC(=O)O. The number of carboxylic acids is 1. The maximum atomic E-state index is 13.3. The van der Waals surface area contributed by atoms with E-state index < -0.39 is 30.1 Å². The van der Waals surface area contributed by atoms with Crippen LogP contribution in [0.1, 0.15) is 15.4 Å². The first kappa shape index (κ1) is 17.5. The molecule has 0 aliphatic carbocycles. The summed E-state index contributed by atoms with van der Waals surface area (Å²) in [7, 11) is 0. The summed E-state index contributed by atoms with van der Waals surface area (Å²) in [5.74, 6) is -2.69. The van der Waals surface area contributed by atoms with Crippen LogP contribution >= 0.6 is 11.3 Å². The highest BCUT2D eigenvalue weighted by molar-refractivity contribution is 7.17. The van der Waals surface area contributed by atoms with E-state index in [9.17, 15) is 18.8 Å². The standard InChI is InChI=1S/C15H14FN3O4S/c1-8-13(14(23)18-6-11(20)17-7-12(21)22)24-15(19-8)9-3-2-4-10(16)5-9/h2-5H,6-7H2,1H3,(H,17,20)(H,18,23)(H,21,22). The Morgan fingerprint density at radius 3 is 2.67 bits per heavy atom. The summed E-state index contributed by atoms with van der Waals surface area (Å²) in [6.45, 7) is 0.773. The maximum Gasteiger partial charge on any atom is 0.322 e. The van der Waals surface area contributed by atoms with E-state index in [1.807, 2.05) is 0 Å². The van der Waals surface area contributed by atoms with Crippen LogP contribution in [-0.4, -0.2) is 41.0 Å². The molecule has 126 valence electrons. The van der Waals surface area contributed by atoms with Crippen molar-refractivity contribution in [3.8, 4) is 10.6 Å². The molecular formula is C15H14FN3O4S. The number of amides is 2. The van der Waals surface area contributed by atoms with E-state index in [0.29, 0.717) is 21.1 Å². The highest BCUT2D eigenvalue weighted by Gasteiger charge is 2.17. The van der Waals surface area contributed by atoms with Crippen LogP contribution < -0.4 is 10.6 Å². The fourth-order valence-corrected chi connectivity index (χ4v) is 2.81. The van der Waals surface area contributed by atoms with Crippen molar-refractivity contribution in [3.63, 3.8) is 0 Å². The van der Waals surface area contributed by atoms with Gasteiger partial charge in [0, 0.05) is 5.56 Å². The van der Waals surface area contributed by atoms with Gasteiger partial charge in [-0.25, -0.2) is 9.37 Å². The van der Waals surface area contributed by atoms with Crippen LogP contribution in [0.4, 0.5) is 4.39 Å². The molecule has 2 rings (SSSR count). The van der Waals surface area contributed by atoms with Crippen molar-refractivity contribution in [3.05, 3.63) is 40.7 Å². The number of benzene rings is 1. The number of aryl methyl sites for hydroxylation is 1. The molecule has 0 bridgehead atoms. The number of aromatic nitrogens is 1. The first-order valence-corrected chi connectivity index (χ1v) is 7.68. The lowest BCUT2D eigenvalue weighted by molar-refractivity contribution is -0.137. The molecule has 9 heteroatoms. The fraction of sp³-hybridized carbons (Fsp3) is 0.200. The third-order valence-electron chi connectivity index (χ3n) is 2.92. The Hall–Kier alpha value is -2.81. The largest absolute Gasteiger partial charge is 0.480 e. The first-order valence-electron chi connectivity index (χ1n) is 6.87. The lowest BCUT2D eigenvalue weighted by Gasteiger charge is -2.04. The Bertz CT molecular complexity index is 791. The molecule has 0 saturated carbocycles. The number of nitrogens with zero attached hydrogens (tertiary/aromatic N) is 1. The molecule has 2 aromatic rings. The fourth-order valence-electron chi connectivity index (χ4n) is 1.83. The molecule has 0 atom stereocenters. The molecule has 0 aliphatic rings. The van der Waals surface area contributed by atoms with Gasteiger partial charge in [-0.05, 0) is 19.1 Å². The molecule has 2 amide bonds. The average Bonchev–Trinajstić information content (AvgIpc) is 2.92. The Kier molecular flexibility index (Phi) is 5.59. The molecule has 0 unspecified atom stereocenters. The van der Waals surface area contributed by atoms with Gasteiger partial charge in [-0.1, -0.05) is 12.1 Å². The van der Waals surface area contributed by atoms with Gasteiger partial charge in [-0.3, -0.25) is 14.4 Å². The van der Waals surface area contributed by atoms with Gasteiger partial charge in [0.15, 0.2) is 0 Å². The average molecular weight is 351 g/mol. The summed E-state index contributed by atoms with van der Waals surface area (Å²) in [6, 6.07) is 5.86. The van der Waals surface area contributed by atoms with Gasteiger partial charge in [0.2, 0.25) is 5.91 Å². The minimum Gasteiger partial charge on any atom is -0.480 e. The van der Waals surface area contributed by atoms with E-state index >= 15 is 0 Å². The summed E-state index contributed by atoms with van der Waals surface area (Å²) >= 11 is 1.08. The van der Waals surface area contributed by atoms with E-state index in [2.05, 4.69) is 15.6 Å². The third kappa shape index (κ3) is 4.59. The van der Waals surface area contributed by atoms with Crippen LogP contribution in [0.5, 0.6) is 0 Å². The highest BCUT2D eigenvalue weighted by Crippen LogP contribution is 2.28. The molecule has 1 aromatic heterocycles. The van der Waals surface area contributed by atoms with E-state index in [1.54, 1.807) is 19.1 Å². The van der Waals surface area contributed by atoms with E-state index in [4.69, 9.17) is 5.11 Å². The minimum atomic E-state index is -1.17. The second kappa shape index (κ2) is 7.64. The van der Waals surface area contributed by atoms with Crippen LogP contribution in [0.25, 0.3) is 10.6 Å². The number of thiazole rings is 1. The molecule has 0 spiro atoms. The van der Waals surface area contributed by atoms with E-state index in [1.165, 1.54) is 12.1 Å². The summed E-state index contributed by atoms with van der Waals surface area (Å²) in [5, 5.41) is 13.5. The number of carbonyl (C=O) groups is 3. The number of halogens is 1. The van der Waals surface area contributed by atoms with Crippen molar-refractivity contribution < 1.29 is 23.9 Å². The van der Waals surface area contributed by atoms with Gasteiger partial charge in [0.25, 0.3) is 5.91 Å². The lowest BCUT2D eigenvalue weighted by Crippen LogP contribution is -2.38. The predicted octanol–water partition coefficient (Wildman–Crippen LogP) is 1.19. The predicted molar refractivity (Wildman–Crippen MR) is 85.2 cm³/mol. The van der Waals surface area contributed by atoms with Crippen LogP contribution in [0.2, 0.25) is 0 Å². The first-order chi connectivity index (χ1) is 11.4. The van der Waals surface area contributed by atoms with Gasteiger partial charge in [-0.2, -0.15) is 0 Å². The van der Waals surface area contributed by atoms with Gasteiger partial charge < -0.3 is 15.7 Å². The summed E-state index contributed by atoms with van der Waals surface area (Å²) < 4.78 is 13.3. The maximum absolute atomic E-state index is 13.3. The second-order valence-corrected chi connectivity index (χ2v) is 5.80. The van der Waals surface area contributed by atoms with Crippen LogP contribution in [-0.2, 0) is 9.59 Å². The molecule has 0 aliphatic heterocycles. The number of aliphatic carboxylic acids is 1. The summed E-state index contributed by atoms with van der Waals surface area (Å²) in [4.78, 5) is 38.4. The highest BCUT2D eigenvalue weighted by atomic mass is 32.1. The number of nitrogens with one attached hydrogen (secondary N) is 2. The Morgan fingerprint density at radius 1 is 1.25 bits per heavy atom. The number of carboxylic acid groups (broad SMARTS) is 1. The zero-order valence-electron chi connectivity index (χ0n) is 12.6. The summed E-state index contributed by atoms with van der Waals surface area (Å²) in [6.07, 6.45) is 0. The van der Waals surface area contributed by atoms with Crippen LogP contribution in [0, 0.1) is 12.7 Å². The molecule has 1 heterocycles. The Labute approximate surface area is 140 Å². The van der Waals surface area contributed by atoms with E-state index in [-0.39, 0.29) is 6.54 Å². The van der Waals surface area contributed by atoms with Gasteiger partial charge in [0.05, 0.1) is 12.2 Å². The van der Waals surface area contributed by atoms with Crippen molar-refractivity contribution in [2.75, 3.05) is 13.1 Å². The molecule has 0 fully saturated rings. The Morgan fingerprint density at radius 2 is 2.00 bits per heavy atom. The van der Waals surface area contributed by atoms with Gasteiger partial charge in [-0.15, -0.1) is 11.3 Å². The third-order valence-corrected chi connectivity index (χ3v) is 4.13. The van der Waals surface area contributed by atoms with Gasteiger partial charge >= 0.3 is 5.97 Å². The Balaban J connectivity index is 2.03. The monoisotopic (exact) mass is 351 g/mol. The molecule has 0 saturated heterocycles. The van der Waals surface area contributed by atoms with E-state index in [0.717, 1.165) is 11.3 Å². The topological polar surface area (TPSA) is 108 Å². The number of carbonyl (C=O) groups excluding carboxylic acids is 2. The van der Waals surface area contributed by atoms with Crippen molar-refractivity contribution in [2.24, 2.45) is 0 Å². The smallest absolute Gasteiger partial charge is 0.322 e. The van der Waals surface area contributed by atoms with Crippen molar-refractivity contribution in [1.29, 1.82) is 0 Å². The number of hydrogen-bond donors (Lipinski definition) is 3. The second-order valence-electron chi connectivity index (χ2n) is 4.80. The molecule has 24 heavy (non-hydrogen) atoms. The quantitative estimate of drug-likeness (QED) is 0.724. The van der Waals surface area contributed by atoms with Crippen molar-refractivity contribution in [2.45, 2.75) is 6.92 Å².